The van der Waals surface area contributed by atoms with Crippen LogP contribution >= 0.6 is 0 Å². The number of benzene rings is 4. The molecule has 4 aromatic carbocycles. The molecule has 192 valence electrons. The lowest BCUT2D eigenvalue weighted by Crippen LogP contribution is -2.23. The maximum Gasteiger partial charge on any atom is 0.251 e. The maximum absolute atomic E-state index is 12.4. The molecule has 7 heteroatoms. The van der Waals surface area contributed by atoms with E-state index in [0.29, 0.717) is 36.3 Å². The summed E-state index contributed by atoms with van der Waals surface area (Å²) in [5.74, 6) is -0.442. The average molecular weight is 507 g/mol. The number of aryl methyl sites for hydroxylation is 1. The Morgan fingerprint density at radius 1 is 0.553 bits per heavy atom. The zero-order valence-corrected chi connectivity index (χ0v) is 20.9. The van der Waals surface area contributed by atoms with Gasteiger partial charge < -0.3 is 21.3 Å². The predicted molar refractivity (Wildman–Crippen MR) is 151 cm³/mol. The molecule has 0 unspecified atom stereocenters. The van der Waals surface area contributed by atoms with E-state index in [2.05, 4.69) is 21.3 Å². The first-order valence-electron chi connectivity index (χ1n) is 12.4. The van der Waals surface area contributed by atoms with Gasteiger partial charge in [0.2, 0.25) is 11.8 Å². The zero-order valence-electron chi connectivity index (χ0n) is 20.9. The third-order valence-corrected chi connectivity index (χ3v) is 5.83. The molecule has 0 aliphatic carbocycles. The first-order chi connectivity index (χ1) is 18.5. The highest BCUT2D eigenvalue weighted by Gasteiger charge is 2.08. The van der Waals surface area contributed by atoms with Crippen LogP contribution < -0.4 is 21.3 Å². The minimum absolute atomic E-state index is 0.0476. The van der Waals surface area contributed by atoms with Crippen molar-refractivity contribution in [1.82, 2.24) is 5.32 Å². The van der Waals surface area contributed by atoms with E-state index >= 15 is 0 Å². The van der Waals surface area contributed by atoms with E-state index in [4.69, 9.17) is 0 Å². The topological polar surface area (TPSA) is 99.3 Å². The van der Waals surface area contributed by atoms with Gasteiger partial charge in [-0.2, -0.15) is 0 Å². The molecular weight excluding hydrogens is 476 g/mol. The van der Waals surface area contributed by atoms with E-state index in [0.717, 1.165) is 16.8 Å². The fraction of sp³-hybridized carbons (Fsp3) is 0.129. The van der Waals surface area contributed by atoms with Crippen molar-refractivity contribution in [1.29, 1.82) is 0 Å². The van der Waals surface area contributed by atoms with Gasteiger partial charge in [0, 0.05) is 35.6 Å². The van der Waals surface area contributed by atoms with Crippen LogP contribution in [0.2, 0.25) is 0 Å². The number of anilines is 3. The molecule has 0 saturated carbocycles. The van der Waals surface area contributed by atoms with Crippen LogP contribution in [0.5, 0.6) is 0 Å². The predicted octanol–water partition coefficient (Wildman–Crippen LogP) is 5.24. The summed E-state index contributed by atoms with van der Waals surface area (Å²) in [7, 11) is 0. The zero-order chi connectivity index (χ0) is 26.6. The highest BCUT2D eigenvalue weighted by Crippen LogP contribution is 2.15. The van der Waals surface area contributed by atoms with Gasteiger partial charge in [0.25, 0.3) is 5.91 Å². The van der Waals surface area contributed by atoms with Gasteiger partial charge in [0.05, 0.1) is 6.54 Å². The smallest absolute Gasteiger partial charge is 0.251 e. The minimum atomic E-state index is -0.218. The van der Waals surface area contributed by atoms with Crippen molar-refractivity contribution in [2.75, 3.05) is 22.5 Å². The highest BCUT2D eigenvalue weighted by molar-refractivity contribution is 5.96. The molecule has 0 bridgehead atoms. The van der Waals surface area contributed by atoms with Crippen LogP contribution in [0, 0.1) is 0 Å². The summed E-state index contributed by atoms with van der Waals surface area (Å²) in [6.45, 7) is 0.521. The standard InChI is InChI=1S/C31H30N4O3/c36-29(20-11-23-7-3-1-4-8-23)34-28-18-16-26(17-19-28)32-22-30(37)35-27-14-12-25(13-15-27)31(38)33-21-24-9-5-2-6-10-24/h1-10,12-19,32H,11,20-22H2,(H,33,38)(H,34,36)(H,35,37). The summed E-state index contributed by atoms with van der Waals surface area (Å²) < 4.78 is 0. The summed E-state index contributed by atoms with van der Waals surface area (Å²) in [4.78, 5) is 36.9. The molecule has 0 aliphatic rings. The molecule has 0 saturated heterocycles. The maximum atomic E-state index is 12.4. The van der Waals surface area contributed by atoms with Gasteiger partial charge in [0.15, 0.2) is 0 Å². The second-order valence-corrected chi connectivity index (χ2v) is 8.76. The Balaban J connectivity index is 1.17. The van der Waals surface area contributed by atoms with Gasteiger partial charge in [0.1, 0.15) is 0 Å². The highest BCUT2D eigenvalue weighted by atomic mass is 16.2. The number of hydrogen-bond donors (Lipinski definition) is 4. The molecular formula is C31H30N4O3. The second-order valence-electron chi connectivity index (χ2n) is 8.76. The second kappa shape index (κ2) is 13.4. The number of carbonyl (C=O) groups excluding carboxylic acids is 3. The summed E-state index contributed by atoms with van der Waals surface area (Å²) in [5.41, 5.74) is 4.73. The van der Waals surface area contributed by atoms with E-state index in [1.165, 1.54) is 0 Å². The fourth-order valence-electron chi connectivity index (χ4n) is 3.77. The Labute approximate surface area is 222 Å². The molecule has 0 spiro atoms. The molecule has 0 fully saturated rings. The lowest BCUT2D eigenvalue weighted by Gasteiger charge is -2.10. The molecule has 0 aliphatic heterocycles. The van der Waals surface area contributed by atoms with Crippen molar-refractivity contribution in [3.8, 4) is 0 Å². The van der Waals surface area contributed by atoms with Gasteiger partial charge in [-0.05, 0) is 66.1 Å². The van der Waals surface area contributed by atoms with E-state index in [1.807, 2.05) is 72.8 Å². The van der Waals surface area contributed by atoms with Crippen LogP contribution in [0.25, 0.3) is 0 Å². The number of nitrogens with one attached hydrogen (secondary N) is 4. The SMILES string of the molecule is O=C(CCc1ccccc1)Nc1ccc(NCC(=O)Nc2ccc(C(=O)NCc3ccccc3)cc2)cc1. The summed E-state index contributed by atoms with van der Waals surface area (Å²) >= 11 is 0. The molecule has 7 nitrogen and oxygen atoms in total. The van der Waals surface area contributed by atoms with Gasteiger partial charge in [-0.3, -0.25) is 14.4 Å². The largest absolute Gasteiger partial charge is 0.376 e. The van der Waals surface area contributed by atoms with Crippen LogP contribution in [-0.4, -0.2) is 24.3 Å². The van der Waals surface area contributed by atoms with Gasteiger partial charge in [-0.15, -0.1) is 0 Å². The third kappa shape index (κ3) is 8.34. The lowest BCUT2D eigenvalue weighted by molar-refractivity contribution is -0.116. The third-order valence-electron chi connectivity index (χ3n) is 5.83. The van der Waals surface area contributed by atoms with E-state index in [-0.39, 0.29) is 24.3 Å². The number of amides is 3. The van der Waals surface area contributed by atoms with Crippen LogP contribution in [-0.2, 0) is 22.6 Å². The van der Waals surface area contributed by atoms with Crippen molar-refractivity contribution in [3.05, 3.63) is 126 Å². The quantitative estimate of drug-likeness (QED) is 0.224. The van der Waals surface area contributed by atoms with Gasteiger partial charge >= 0.3 is 0 Å². The summed E-state index contributed by atoms with van der Waals surface area (Å²) in [6.07, 6.45) is 1.09. The summed E-state index contributed by atoms with van der Waals surface area (Å²) in [6, 6.07) is 33.5. The van der Waals surface area contributed by atoms with E-state index < -0.39 is 0 Å². The van der Waals surface area contributed by atoms with Gasteiger partial charge in [-0.25, -0.2) is 0 Å². The fourth-order valence-corrected chi connectivity index (χ4v) is 3.77. The van der Waals surface area contributed by atoms with Crippen molar-refractivity contribution in [2.24, 2.45) is 0 Å². The lowest BCUT2D eigenvalue weighted by atomic mass is 10.1. The van der Waals surface area contributed by atoms with Crippen LogP contribution in [0.4, 0.5) is 17.1 Å². The Kier molecular flexibility index (Phi) is 9.23. The van der Waals surface area contributed by atoms with Crippen molar-refractivity contribution < 1.29 is 14.4 Å². The first-order valence-corrected chi connectivity index (χ1v) is 12.4. The average Bonchev–Trinajstić information content (AvgIpc) is 2.96. The van der Waals surface area contributed by atoms with E-state index in [9.17, 15) is 14.4 Å². The first kappa shape index (κ1) is 26.2. The minimum Gasteiger partial charge on any atom is -0.376 e. The molecule has 0 atom stereocenters. The Morgan fingerprint density at radius 3 is 1.71 bits per heavy atom. The van der Waals surface area contributed by atoms with E-state index in [1.54, 1.807) is 36.4 Å². The van der Waals surface area contributed by atoms with Crippen LogP contribution in [0.15, 0.2) is 109 Å². The molecule has 0 heterocycles. The molecule has 0 aromatic heterocycles. The number of rotatable bonds is 11. The molecule has 4 aromatic rings. The van der Waals surface area contributed by atoms with Crippen LogP contribution in [0.1, 0.15) is 27.9 Å². The monoisotopic (exact) mass is 506 g/mol. The molecule has 0 radical (unpaired) electrons. The molecule has 3 amide bonds. The Morgan fingerprint density at radius 2 is 1.08 bits per heavy atom. The van der Waals surface area contributed by atoms with Gasteiger partial charge in [-0.1, -0.05) is 60.7 Å². The Hall–Kier alpha value is -4.91. The number of carbonyl (C=O) groups is 3. The summed E-state index contributed by atoms with van der Waals surface area (Å²) in [5, 5.41) is 11.6. The Bertz CT molecular complexity index is 1340. The molecule has 4 N–H and O–H groups in total. The number of hydrogen-bond acceptors (Lipinski definition) is 4. The molecule has 4 rings (SSSR count). The van der Waals surface area contributed by atoms with Crippen molar-refractivity contribution >= 4 is 34.8 Å². The van der Waals surface area contributed by atoms with Crippen molar-refractivity contribution in [2.45, 2.75) is 19.4 Å². The normalized spacial score (nSPS) is 10.3. The van der Waals surface area contributed by atoms with Crippen molar-refractivity contribution in [3.63, 3.8) is 0 Å². The molecule has 38 heavy (non-hydrogen) atoms. The van der Waals surface area contributed by atoms with Crippen LogP contribution in [0.3, 0.4) is 0 Å².